The number of benzene rings is 1. The molecule has 0 saturated carbocycles. The third-order valence-corrected chi connectivity index (χ3v) is 1.75. The molecule has 0 fully saturated rings. The molecule has 0 spiro atoms. The largest absolute Gasteiger partial charge is 0.460 e. The second-order valence-corrected chi connectivity index (χ2v) is 2.74. The molecule has 0 radical (unpaired) electrons. The molecule has 1 rings (SSSR count). The monoisotopic (exact) mass is 211 g/mol. The van der Waals surface area contributed by atoms with Gasteiger partial charge in [0.05, 0.1) is 6.61 Å². The molecule has 0 heterocycles. The number of methoxy groups -OCH3 is 1. The predicted octanol–water partition coefficient (Wildman–Crippen LogP) is 0.742. The Balaban J connectivity index is 2.64. The highest BCUT2D eigenvalue weighted by Crippen LogP contribution is 2.17. The van der Waals surface area contributed by atoms with Crippen molar-refractivity contribution >= 4 is 5.97 Å². The van der Waals surface area contributed by atoms with Gasteiger partial charge in [-0.2, -0.15) is 5.90 Å². The van der Waals surface area contributed by atoms with E-state index < -0.39 is 5.97 Å². The van der Waals surface area contributed by atoms with Crippen molar-refractivity contribution in [2.45, 2.75) is 0 Å². The highest BCUT2D eigenvalue weighted by atomic mass is 16.6. The van der Waals surface area contributed by atoms with Gasteiger partial charge in [-0.15, -0.1) is 0 Å². The number of carbonyl (C=O) groups is 1. The second-order valence-electron chi connectivity index (χ2n) is 2.74. The molecule has 82 valence electrons. The lowest BCUT2D eigenvalue weighted by Crippen LogP contribution is -2.13. The molecule has 2 N–H and O–H groups in total. The molecule has 0 saturated heterocycles. The number of ether oxygens (including phenoxy) is 2. The van der Waals surface area contributed by atoms with E-state index >= 15 is 0 Å². The van der Waals surface area contributed by atoms with Crippen LogP contribution in [0, 0.1) is 0 Å². The Kier molecular flexibility index (Phi) is 4.59. The summed E-state index contributed by atoms with van der Waals surface area (Å²) >= 11 is 0. The summed E-state index contributed by atoms with van der Waals surface area (Å²) in [5.74, 6) is 4.82. The zero-order chi connectivity index (χ0) is 11.1. The highest BCUT2D eigenvalue weighted by Gasteiger charge is 2.12. The van der Waals surface area contributed by atoms with Crippen molar-refractivity contribution in [3.63, 3.8) is 0 Å². The Morgan fingerprint density at radius 1 is 1.33 bits per heavy atom. The van der Waals surface area contributed by atoms with Crippen molar-refractivity contribution in [1.82, 2.24) is 0 Å². The van der Waals surface area contributed by atoms with Crippen LogP contribution in [0.25, 0.3) is 0 Å². The number of hydrogen-bond donors (Lipinski definition) is 1. The molecule has 0 aromatic heterocycles. The van der Waals surface area contributed by atoms with Crippen LogP contribution >= 0.6 is 0 Å². The molecule has 0 aliphatic heterocycles. The molecule has 1 aromatic carbocycles. The Labute approximate surface area is 87.7 Å². The number of nitrogens with two attached hydrogens (primary N) is 1. The van der Waals surface area contributed by atoms with Gasteiger partial charge in [0.25, 0.3) is 0 Å². The molecule has 0 amide bonds. The van der Waals surface area contributed by atoms with Gasteiger partial charge in [0.1, 0.15) is 12.2 Å². The van der Waals surface area contributed by atoms with Crippen LogP contribution in [0.2, 0.25) is 0 Å². The molecule has 0 aliphatic carbocycles. The van der Waals surface area contributed by atoms with E-state index in [1.807, 2.05) is 0 Å². The summed E-state index contributed by atoms with van der Waals surface area (Å²) in [4.78, 5) is 16.0. The van der Waals surface area contributed by atoms with Gasteiger partial charge in [-0.25, -0.2) is 4.79 Å². The van der Waals surface area contributed by atoms with Gasteiger partial charge >= 0.3 is 5.97 Å². The van der Waals surface area contributed by atoms with Gasteiger partial charge in [-0.3, -0.25) is 0 Å². The van der Waals surface area contributed by atoms with E-state index in [4.69, 9.17) is 15.4 Å². The van der Waals surface area contributed by atoms with Crippen LogP contribution in [0.4, 0.5) is 0 Å². The van der Waals surface area contributed by atoms with Gasteiger partial charge in [0.2, 0.25) is 0 Å². The average molecular weight is 211 g/mol. The molecule has 1 aromatic rings. The normalized spacial score (nSPS) is 9.73. The Hall–Kier alpha value is -1.59. The lowest BCUT2D eigenvalue weighted by molar-refractivity contribution is 0.0384. The number of esters is 1. The first kappa shape index (κ1) is 11.5. The third kappa shape index (κ3) is 3.23. The minimum atomic E-state index is -0.479. The maximum Gasteiger partial charge on any atom is 0.342 e. The van der Waals surface area contributed by atoms with Crippen molar-refractivity contribution in [3.05, 3.63) is 29.8 Å². The molecule has 0 unspecified atom stereocenters. The van der Waals surface area contributed by atoms with E-state index in [1.165, 1.54) is 7.11 Å². The molecule has 0 atom stereocenters. The van der Waals surface area contributed by atoms with Gasteiger partial charge in [0.15, 0.2) is 5.75 Å². The van der Waals surface area contributed by atoms with Crippen LogP contribution in [0.3, 0.4) is 0 Å². The Morgan fingerprint density at radius 2 is 2.07 bits per heavy atom. The minimum Gasteiger partial charge on any atom is -0.460 e. The summed E-state index contributed by atoms with van der Waals surface area (Å²) in [5, 5.41) is 0. The maximum atomic E-state index is 11.5. The smallest absolute Gasteiger partial charge is 0.342 e. The van der Waals surface area contributed by atoms with Crippen molar-refractivity contribution in [1.29, 1.82) is 0 Å². The van der Waals surface area contributed by atoms with Crippen molar-refractivity contribution in [2.75, 3.05) is 20.3 Å². The third-order valence-electron chi connectivity index (χ3n) is 1.75. The van der Waals surface area contributed by atoms with Crippen molar-refractivity contribution in [3.8, 4) is 5.75 Å². The van der Waals surface area contributed by atoms with E-state index in [0.717, 1.165) is 0 Å². The zero-order valence-corrected chi connectivity index (χ0v) is 8.43. The first-order chi connectivity index (χ1) is 7.29. The van der Waals surface area contributed by atoms with Gasteiger partial charge < -0.3 is 14.3 Å². The Bertz CT molecular complexity index is 327. The van der Waals surface area contributed by atoms with Crippen LogP contribution in [-0.4, -0.2) is 26.3 Å². The quantitative estimate of drug-likeness (QED) is 0.442. The van der Waals surface area contributed by atoms with Crippen LogP contribution in [0.5, 0.6) is 5.75 Å². The average Bonchev–Trinajstić information content (AvgIpc) is 2.29. The van der Waals surface area contributed by atoms with Crippen molar-refractivity contribution in [2.24, 2.45) is 5.90 Å². The second kappa shape index (κ2) is 6.00. The first-order valence-electron chi connectivity index (χ1n) is 4.41. The van der Waals surface area contributed by atoms with E-state index in [1.54, 1.807) is 24.3 Å². The van der Waals surface area contributed by atoms with Gasteiger partial charge in [-0.05, 0) is 12.1 Å². The van der Waals surface area contributed by atoms with Crippen LogP contribution in [0.15, 0.2) is 24.3 Å². The van der Waals surface area contributed by atoms with E-state index in [0.29, 0.717) is 17.9 Å². The van der Waals surface area contributed by atoms with E-state index in [2.05, 4.69) is 4.84 Å². The number of hydrogen-bond acceptors (Lipinski definition) is 5. The maximum absolute atomic E-state index is 11.5. The topological polar surface area (TPSA) is 70.8 Å². The van der Waals surface area contributed by atoms with Gasteiger partial charge in [0, 0.05) is 7.11 Å². The summed E-state index contributed by atoms with van der Waals surface area (Å²) in [6, 6.07) is 6.59. The summed E-state index contributed by atoms with van der Waals surface area (Å²) < 4.78 is 9.66. The predicted molar refractivity (Wildman–Crippen MR) is 53.4 cm³/mol. The highest BCUT2D eigenvalue weighted by molar-refractivity contribution is 5.92. The first-order valence-corrected chi connectivity index (χ1v) is 4.41. The molecular formula is C10H13NO4. The van der Waals surface area contributed by atoms with Crippen LogP contribution < -0.4 is 10.7 Å². The van der Waals surface area contributed by atoms with Crippen LogP contribution in [-0.2, 0) is 9.47 Å². The molecule has 0 bridgehead atoms. The summed E-state index contributed by atoms with van der Waals surface area (Å²) in [6.45, 7) is 0.561. The lowest BCUT2D eigenvalue weighted by Gasteiger charge is -2.07. The van der Waals surface area contributed by atoms with E-state index in [9.17, 15) is 4.79 Å². The minimum absolute atomic E-state index is 0.203. The van der Waals surface area contributed by atoms with Gasteiger partial charge in [-0.1, -0.05) is 12.1 Å². The fourth-order valence-electron chi connectivity index (χ4n) is 1.03. The number of para-hydroxylation sites is 1. The number of carbonyl (C=O) groups excluding carboxylic acids is 1. The fourth-order valence-corrected chi connectivity index (χ4v) is 1.03. The molecular weight excluding hydrogens is 198 g/mol. The lowest BCUT2D eigenvalue weighted by atomic mass is 10.2. The zero-order valence-electron chi connectivity index (χ0n) is 8.43. The molecule has 0 aliphatic rings. The van der Waals surface area contributed by atoms with Crippen molar-refractivity contribution < 1.29 is 19.1 Å². The Morgan fingerprint density at radius 3 is 2.73 bits per heavy atom. The summed E-state index contributed by atoms with van der Waals surface area (Å²) in [5.41, 5.74) is 0.302. The van der Waals surface area contributed by atoms with E-state index in [-0.39, 0.29) is 6.61 Å². The fraction of sp³-hybridized carbons (Fsp3) is 0.300. The summed E-state index contributed by atoms with van der Waals surface area (Å²) in [6.07, 6.45) is 0. The SMILES string of the molecule is COCCOC(=O)c1ccccc1ON. The molecule has 5 heteroatoms. The van der Waals surface area contributed by atoms with Crippen LogP contribution in [0.1, 0.15) is 10.4 Å². The standard InChI is InChI=1S/C10H13NO4/c1-13-6-7-14-10(12)8-4-2-3-5-9(8)15-11/h2-5H,6-7,11H2,1H3. The molecule has 5 nitrogen and oxygen atoms in total. The molecule has 15 heavy (non-hydrogen) atoms. The summed E-state index contributed by atoms with van der Waals surface area (Å²) in [7, 11) is 1.53. The number of rotatable bonds is 5.